The Morgan fingerprint density at radius 1 is 1.24 bits per heavy atom. The van der Waals surface area contributed by atoms with Gasteiger partial charge in [-0.1, -0.05) is 6.92 Å². The van der Waals surface area contributed by atoms with Gasteiger partial charge in [-0.2, -0.15) is 5.10 Å². The first-order valence-corrected chi connectivity index (χ1v) is 12.0. The number of pyridine rings is 1. The molecule has 3 aliphatic heterocycles. The molecule has 0 bridgehead atoms. The lowest BCUT2D eigenvalue weighted by Crippen LogP contribution is -2.37. The van der Waals surface area contributed by atoms with E-state index < -0.39 is 6.43 Å². The number of anilines is 2. The fourth-order valence-electron chi connectivity index (χ4n) is 5.36. The SMILES string of the molecule is CCC(=O)N1CCc2c(c(N3CCCc4nc(C)c(C(F)F)cc43)nn2C2CCOCC2)C1. The van der Waals surface area contributed by atoms with Crippen LogP contribution in [-0.2, 0) is 28.9 Å². The Kier molecular flexibility index (Phi) is 6.07. The first-order chi connectivity index (χ1) is 16.0. The van der Waals surface area contributed by atoms with Crippen LogP contribution >= 0.6 is 0 Å². The molecule has 5 heterocycles. The maximum atomic E-state index is 13.7. The van der Waals surface area contributed by atoms with E-state index in [2.05, 4.69) is 14.6 Å². The van der Waals surface area contributed by atoms with Gasteiger partial charge in [0.2, 0.25) is 5.91 Å². The van der Waals surface area contributed by atoms with Gasteiger partial charge in [-0.25, -0.2) is 8.78 Å². The summed E-state index contributed by atoms with van der Waals surface area (Å²) in [6.07, 6.45) is 2.09. The Morgan fingerprint density at radius 3 is 2.76 bits per heavy atom. The highest BCUT2D eigenvalue weighted by Crippen LogP contribution is 2.40. The van der Waals surface area contributed by atoms with Crippen LogP contribution in [0.1, 0.15) is 73.3 Å². The van der Waals surface area contributed by atoms with E-state index in [1.54, 1.807) is 13.0 Å². The number of amides is 1. The minimum absolute atomic E-state index is 0.0267. The van der Waals surface area contributed by atoms with Crippen molar-refractivity contribution in [2.75, 3.05) is 31.2 Å². The van der Waals surface area contributed by atoms with E-state index in [0.29, 0.717) is 45.0 Å². The summed E-state index contributed by atoms with van der Waals surface area (Å²) in [4.78, 5) is 21.0. The van der Waals surface area contributed by atoms with Crippen LogP contribution < -0.4 is 4.90 Å². The number of carbonyl (C=O) groups excluding carboxylic acids is 1. The highest BCUT2D eigenvalue weighted by Gasteiger charge is 2.34. The maximum Gasteiger partial charge on any atom is 0.265 e. The van der Waals surface area contributed by atoms with E-state index in [4.69, 9.17) is 9.84 Å². The van der Waals surface area contributed by atoms with Crippen molar-refractivity contribution >= 4 is 17.4 Å². The van der Waals surface area contributed by atoms with Gasteiger partial charge in [-0.3, -0.25) is 14.5 Å². The molecule has 1 fully saturated rings. The normalized spacial score (nSPS) is 19.1. The van der Waals surface area contributed by atoms with E-state index in [0.717, 1.165) is 54.9 Å². The molecule has 0 spiro atoms. The minimum Gasteiger partial charge on any atom is -0.381 e. The summed E-state index contributed by atoms with van der Waals surface area (Å²) in [5.41, 5.74) is 4.14. The molecule has 0 aromatic carbocycles. The zero-order valence-electron chi connectivity index (χ0n) is 19.3. The summed E-state index contributed by atoms with van der Waals surface area (Å²) in [7, 11) is 0. The van der Waals surface area contributed by atoms with Crippen molar-refractivity contribution in [2.24, 2.45) is 0 Å². The zero-order chi connectivity index (χ0) is 23.1. The molecule has 1 saturated heterocycles. The highest BCUT2D eigenvalue weighted by atomic mass is 19.3. The molecular formula is C24H31F2N5O2. The molecule has 7 nitrogen and oxygen atoms in total. The van der Waals surface area contributed by atoms with Crippen molar-refractivity contribution in [3.05, 3.63) is 34.3 Å². The van der Waals surface area contributed by atoms with Crippen LogP contribution in [0.2, 0.25) is 0 Å². The third kappa shape index (κ3) is 4.00. The lowest BCUT2D eigenvalue weighted by molar-refractivity contribution is -0.131. The molecule has 1 amide bonds. The number of alkyl halides is 2. The number of hydrogen-bond acceptors (Lipinski definition) is 5. The van der Waals surface area contributed by atoms with Crippen LogP contribution in [-0.4, -0.2) is 51.9 Å². The molecule has 0 unspecified atom stereocenters. The average Bonchev–Trinajstić information content (AvgIpc) is 3.21. The number of rotatable bonds is 4. The van der Waals surface area contributed by atoms with Crippen molar-refractivity contribution in [1.29, 1.82) is 0 Å². The first-order valence-electron chi connectivity index (χ1n) is 12.0. The molecule has 178 valence electrons. The molecule has 0 radical (unpaired) electrons. The van der Waals surface area contributed by atoms with E-state index in [9.17, 15) is 13.6 Å². The van der Waals surface area contributed by atoms with Gasteiger partial charge in [0, 0.05) is 61.7 Å². The number of ether oxygens (including phenoxy) is 1. The molecule has 0 N–H and O–H groups in total. The second kappa shape index (κ2) is 9.00. The Bertz CT molecular complexity index is 1050. The van der Waals surface area contributed by atoms with Gasteiger partial charge in [0.1, 0.15) is 0 Å². The van der Waals surface area contributed by atoms with Crippen molar-refractivity contribution in [1.82, 2.24) is 19.7 Å². The molecule has 0 saturated carbocycles. The number of aromatic nitrogens is 3. The highest BCUT2D eigenvalue weighted by molar-refractivity contribution is 5.77. The average molecular weight is 460 g/mol. The van der Waals surface area contributed by atoms with E-state index in [1.165, 1.54) is 5.69 Å². The largest absolute Gasteiger partial charge is 0.381 e. The smallest absolute Gasteiger partial charge is 0.265 e. The van der Waals surface area contributed by atoms with Gasteiger partial charge in [-0.05, 0) is 38.7 Å². The van der Waals surface area contributed by atoms with Gasteiger partial charge >= 0.3 is 0 Å². The van der Waals surface area contributed by atoms with Crippen LogP contribution in [0.25, 0.3) is 0 Å². The van der Waals surface area contributed by atoms with Gasteiger partial charge in [0.25, 0.3) is 6.43 Å². The molecule has 2 aromatic heterocycles. The topological polar surface area (TPSA) is 63.5 Å². The summed E-state index contributed by atoms with van der Waals surface area (Å²) in [6, 6.07) is 1.85. The summed E-state index contributed by atoms with van der Waals surface area (Å²) < 4.78 is 35.1. The molecule has 5 rings (SSSR count). The lowest BCUT2D eigenvalue weighted by atomic mass is 10.0. The van der Waals surface area contributed by atoms with Gasteiger partial charge < -0.3 is 14.5 Å². The molecule has 2 aromatic rings. The number of nitrogens with zero attached hydrogens (tertiary/aromatic N) is 5. The van der Waals surface area contributed by atoms with E-state index in [-0.39, 0.29) is 17.5 Å². The van der Waals surface area contributed by atoms with E-state index >= 15 is 0 Å². The molecular weight excluding hydrogens is 428 g/mol. The van der Waals surface area contributed by atoms with Crippen LogP contribution in [0.4, 0.5) is 20.3 Å². The van der Waals surface area contributed by atoms with Crippen LogP contribution in [0.5, 0.6) is 0 Å². The predicted molar refractivity (Wildman–Crippen MR) is 120 cm³/mol. The van der Waals surface area contributed by atoms with E-state index in [1.807, 2.05) is 11.8 Å². The van der Waals surface area contributed by atoms with Crippen molar-refractivity contribution in [3.8, 4) is 0 Å². The third-order valence-electron chi connectivity index (χ3n) is 7.14. The number of carbonyl (C=O) groups is 1. The number of fused-ring (bicyclic) bond motifs is 2. The Labute approximate surface area is 192 Å². The Morgan fingerprint density at radius 2 is 2.03 bits per heavy atom. The van der Waals surface area contributed by atoms with Gasteiger partial charge in [0.15, 0.2) is 5.82 Å². The second-order valence-corrected chi connectivity index (χ2v) is 9.14. The van der Waals surface area contributed by atoms with Gasteiger partial charge in [0.05, 0.1) is 24.0 Å². The van der Waals surface area contributed by atoms with Crippen molar-refractivity contribution in [2.45, 2.75) is 71.4 Å². The third-order valence-corrected chi connectivity index (χ3v) is 7.14. The fourth-order valence-corrected chi connectivity index (χ4v) is 5.36. The van der Waals surface area contributed by atoms with Crippen LogP contribution in [0.3, 0.4) is 0 Å². The molecule has 0 atom stereocenters. The van der Waals surface area contributed by atoms with Crippen LogP contribution in [0.15, 0.2) is 6.07 Å². The summed E-state index contributed by atoms with van der Waals surface area (Å²) in [5, 5.41) is 5.09. The lowest BCUT2D eigenvalue weighted by Gasteiger charge is -2.33. The maximum absolute atomic E-state index is 13.7. The number of aryl methyl sites for hydroxylation is 2. The summed E-state index contributed by atoms with van der Waals surface area (Å²) >= 11 is 0. The quantitative estimate of drug-likeness (QED) is 0.684. The summed E-state index contributed by atoms with van der Waals surface area (Å²) in [5.74, 6) is 0.915. The Hall–Kier alpha value is -2.55. The van der Waals surface area contributed by atoms with Crippen molar-refractivity contribution in [3.63, 3.8) is 0 Å². The fraction of sp³-hybridized carbons (Fsp3) is 0.625. The van der Waals surface area contributed by atoms with Gasteiger partial charge in [-0.15, -0.1) is 0 Å². The molecule has 0 aliphatic carbocycles. The molecule has 9 heteroatoms. The van der Waals surface area contributed by atoms with Crippen molar-refractivity contribution < 1.29 is 18.3 Å². The standard InChI is InChI=1S/C24H31F2N5O2/c1-3-22(32)29-10-6-20-18(14-29)24(28-31(20)16-7-11-33-12-8-16)30-9-4-5-19-21(30)13-17(23(25)26)15(2)27-19/h13,16,23H,3-12,14H2,1-2H3. The number of hydrogen-bond donors (Lipinski definition) is 0. The first kappa shape index (κ1) is 22.3. The summed E-state index contributed by atoms with van der Waals surface area (Å²) in [6.45, 7) is 6.83. The van der Waals surface area contributed by atoms with Crippen LogP contribution in [0, 0.1) is 6.92 Å². The molecule has 33 heavy (non-hydrogen) atoms. The minimum atomic E-state index is -2.57. The Balaban J connectivity index is 1.61. The monoisotopic (exact) mass is 459 g/mol. The predicted octanol–water partition coefficient (Wildman–Crippen LogP) is 4.25. The zero-order valence-corrected chi connectivity index (χ0v) is 19.3. The second-order valence-electron chi connectivity index (χ2n) is 9.14. The number of halogens is 2. The molecule has 3 aliphatic rings.